The van der Waals surface area contributed by atoms with Gasteiger partial charge < -0.3 is 30.0 Å². The number of carbonyl (C=O) groups is 4. The highest BCUT2D eigenvalue weighted by Crippen LogP contribution is 2.33. The van der Waals surface area contributed by atoms with Gasteiger partial charge in [0.15, 0.2) is 17.3 Å². The lowest BCUT2D eigenvalue weighted by Crippen LogP contribution is -2.55. The lowest BCUT2D eigenvalue weighted by molar-refractivity contribution is -0.135. The summed E-state index contributed by atoms with van der Waals surface area (Å²) in [7, 11) is 1.44. The normalized spacial score (nSPS) is 23.0. The topological polar surface area (TPSA) is 147 Å². The standard InChI is InChI=1S/C31H45N3O8/c1-20(14-23(35)18-34-10-12-41-13-11-34)29(38)33-25(16-22-8-9-27(40-3)26(36)17-22)30(39)32-24(15-21-6-4-5-7-21)28(37)31(2)19-42-31/h8-9,17,20-21,24-25,36H,4-7,10-16,18-19H2,1-3H3,(H,32,39)(H,33,38). The Morgan fingerprint density at radius 3 is 2.38 bits per heavy atom. The van der Waals surface area contributed by atoms with E-state index < -0.39 is 35.4 Å². The van der Waals surface area contributed by atoms with Crippen LogP contribution < -0.4 is 15.4 Å². The first kappa shape index (κ1) is 31.9. The van der Waals surface area contributed by atoms with Crippen LogP contribution in [0.5, 0.6) is 11.5 Å². The number of amides is 2. The number of carbonyl (C=O) groups excluding carboxylic acids is 4. The molecule has 0 spiro atoms. The summed E-state index contributed by atoms with van der Waals surface area (Å²) in [6, 6.07) is 3.02. The van der Waals surface area contributed by atoms with E-state index in [1.165, 1.54) is 13.2 Å². The van der Waals surface area contributed by atoms with Crippen molar-refractivity contribution in [3.8, 4) is 11.5 Å². The molecule has 1 saturated carbocycles. The molecular formula is C31H45N3O8. The van der Waals surface area contributed by atoms with Crippen LogP contribution in [0.1, 0.15) is 57.9 Å². The second kappa shape index (κ2) is 14.4. The molecule has 2 aliphatic heterocycles. The van der Waals surface area contributed by atoms with E-state index in [0.29, 0.717) is 50.8 Å². The third-order valence-corrected chi connectivity index (χ3v) is 8.58. The van der Waals surface area contributed by atoms with Gasteiger partial charge >= 0.3 is 0 Å². The Morgan fingerprint density at radius 2 is 1.76 bits per heavy atom. The Balaban J connectivity index is 1.46. The van der Waals surface area contributed by atoms with Crippen molar-refractivity contribution in [3.05, 3.63) is 23.8 Å². The second-order valence-corrected chi connectivity index (χ2v) is 12.1. The first-order valence-corrected chi connectivity index (χ1v) is 15.0. The van der Waals surface area contributed by atoms with Gasteiger partial charge in [0.25, 0.3) is 0 Å². The average molecular weight is 588 g/mol. The first-order chi connectivity index (χ1) is 20.1. The highest BCUT2D eigenvalue weighted by Gasteiger charge is 2.50. The number of rotatable bonds is 15. The number of ketones is 2. The lowest BCUT2D eigenvalue weighted by Gasteiger charge is -2.27. The Hall–Kier alpha value is -3.02. The van der Waals surface area contributed by atoms with Crippen LogP contribution in [0.25, 0.3) is 0 Å². The minimum Gasteiger partial charge on any atom is -0.504 e. The Morgan fingerprint density at radius 1 is 1.10 bits per heavy atom. The van der Waals surface area contributed by atoms with Gasteiger partial charge in [-0.3, -0.25) is 24.1 Å². The average Bonchev–Trinajstić information content (AvgIpc) is 3.50. The number of methoxy groups -OCH3 is 1. The van der Waals surface area contributed by atoms with Crippen LogP contribution in [0.3, 0.4) is 0 Å². The van der Waals surface area contributed by atoms with Gasteiger partial charge in [-0.1, -0.05) is 38.7 Å². The highest BCUT2D eigenvalue weighted by molar-refractivity contribution is 5.98. The zero-order valence-electron chi connectivity index (χ0n) is 25.0. The predicted octanol–water partition coefficient (Wildman–Crippen LogP) is 1.78. The molecule has 0 aromatic heterocycles. The molecule has 0 bridgehead atoms. The van der Waals surface area contributed by atoms with Gasteiger partial charge in [0.1, 0.15) is 17.4 Å². The van der Waals surface area contributed by atoms with E-state index in [4.69, 9.17) is 14.2 Å². The third-order valence-electron chi connectivity index (χ3n) is 8.58. The molecular weight excluding hydrogens is 542 g/mol. The van der Waals surface area contributed by atoms with Crippen LogP contribution in [0.15, 0.2) is 18.2 Å². The van der Waals surface area contributed by atoms with E-state index in [0.717, 1.165) is 25.7 Å². The Bertz CT molecular complexity index is 1130. The van der Waals surface area contributed by atoms with Crippen molar-refractivity contribution >= 4 is 23.4 Å². The zero-order chi connectivity index (χ0) is 30.3. The molecule has 2 saturated heterocycles. The second-order valence-electron chi connectivity index (χ2n) is 12.1. The van der Waals surface area contributed by atoms with E-state index in [1.807, 2.05) is 4.90 Å². The van der Waals surface area contributed by atoms with E-state index >= 15 is 0 Å². The summed E-state index contributed by atoms with van der Waals surface area (Å²) in [5.41, 5.74) is -0.298. The Kier molecular flexibility index (Phi) is 11.0. The molecule has 2 heterocycles. The van der Waals surface area contributed by atoms with Crippen LogP contribution in [0.4, 0.5) is 0 Å². The van der Waals surface area contributed by atoms with E-state index in [9.17, 15) is 24.3 Å². The first-order valence-electron chi connectivity index (χ1n) is 15.0. The minimum atomic E-state index is -1.03. The van der Waals surface area contributed by atoms with Gasteiger partial charge in [-0.15, -0.1) is 0 Å². The molecule has 4 atom stereocenters. The number of nitrogens with one attached hydrogen (secondary N) is 2. The third kappa shape index (κ3) is 8.75. The molecule has 4 unspecified atom stereocenters. The summed E-state index contributed by atoms with van der Waals surface area (Å²) in [4.78, 5) is 55.1. The van der Waals surface area contributed by atoms with E-state index in [2.05, 4.69) is 10.6 Å². The number of phenolic OH excluding ortho intramolecular Hbond substituents is 1. The maximum atomic E-state index is 13.7. The fourth-order valence-electron chi connectivity index (χ4n) is 5.83. The number of ether oxygens (including phenoxy) is 3. The number of nitrogens with zero attached hydrogens (tertiary/aromatic N) is 1. The van der Waals surface area contributed by atoms with Crippen molar-refractivity contribution < 1.29 is 38.5 Å². The molecule has 11 nitrogen and oxygen atoms in total. The van der Waals surface area contributed by atoms with Gasteiger partial charge in [0.2, 0.25) is 11.8 Å². The smallest absolute Gasteiger partial charge is 0.243 e. The van der Waals surface area contributed by atoms with Crippen molar-refractivity contribution in [1.29, 1.82) is 0 Å². The van der Waals surface area contributed by atoms with Gasteiger partial charge in [0, 0.05) is 31.8 Å². The van der Waals surface area contributed by atoms with Gasteiger partial charge in [0.05, 0.1) is 39.5 Å². The molecule has 3 N–H and O–H groups in total. The molecule has 0 radical (unpaired) electrons. The van der Waals surface area contributed by atoms with E-state index in [-0.39, 0.29) is 42.5 Å². The number of Topliss-reactive ketones (excluding diaryl/α,β-unsaturated/α-hetero) is 2. The fourth-order valence-corrected chi connectivity index (χ4v) is 5.83. The molecule has 11 heteroatoms. The maximum Gasteiger partial charge on any atom is 0.243 e. The number of epoxide rings is 1. The van der Waals surface area contributed by atoms with Gasteiger partial charge in [-0.25, -0.2) is 0 Å². The number of aromatic hydroxyl groups is 1. The number of hydrogen-bond donors (Lipinski definition) is 3. The lowest BCUT2D eigenvalue weighted by atomic mass is 9.90. The van der Waals surface area contributed by atoms with Crippen LogP contribution in [-0.2, 0) is 35.1 Å². The summed E-state index contributed by atoms with van der Waals surface area (Å²) in [6.07, 6.45) is 4.88. The molecule has 4 rings (SSSR count). The molecule has 3 aliphatic rings. The number of morpholine rings is 1. The zero-order valence-corrected chi connectivity index (χ0v) is 25.0. The van der Waals surface area contributed by atoms with Crippen molar-refractivity contribution in [2.75, 3.05) is 46.6 Å². The van der Waals surface area contributed by atoms with Gasteiger partial charge in [-0.05, 0) is 37.0 Å². The van der Waals surface area contributed by atoms with Crippen molar-refractivity contribution in [2.45, 2.75) is 76.5 Å². The molecule has 1 aromatic rings. The summed E-state index contributed by atoms with van der Waals surface area (Å²) in [6.45, 7) is 6.48. The number of benzene rings is 1. The van der Waals surface area contributed by atoms with Crippen molar-refractivity contribution in [2.24, 2.45) is 11.8 Å². The summed E-state index contributed by atoms with van der Waals surface area (Å²) < 4.78 is 15.9. The van der Waals surface area contributed by atoms with E-state index in [1.54, 1.807) is 26.0 Å². The largest absolute Gasteiger partial charge is 0.504 e. The molecule has 2 amide bonds. The quantitative estimate of drug-likeness (QED) is 0.261. The van der Waals surface area contributed by atoms with Crippen LogP contribution in [0, 0.1) is 11.8 Å². The Labute approximate surface area is 247 Å². The van der Waals surface area contributed by atoms with Crippen LogP contribution >= 0.6 is 0 Å². The van der Waals surface area contributed by atoms with Gasteiger partial charge in [-0.2, -0.15) is 0 Å². The molecule has 1 aromatic carbocycles. The fraction of sp³-hybridized carbons (Fsp3) is 0.677. The highest BCUT2D eigenvalue weighted by atomic mass is 16.6. The minimum absolute atomic E-state index is 0.0410. The van der Waals surface area contributed by atoms with Crippen LogP contribution in [-0.4, -0.2) is 97.6 Å². The predicted molar refractivity (Wildman–Crippen MR) is 154 cm³/mol. The van der Waals surface area contributed by atoms with Crippen molar-refractivity contribution in [3.63, 3.8) is 0 Å². The number of hydrogen-bond acceptors (Lipinski definition) is 9. The SMILES string of the molecule is COc1ccc(CC(NC(=O)C(C)CC(=O)CN2CCOCC2)C(=O)NC(CC2CCCC2)C(=O)C2(C)CO2)cc1O. The summed E-state index contributed by atoms with van der Waals surface area (Å²) >= 11 is 0. The summed E-state index contributed by atoms with van der Waals surface area (Å²) in [5.74, 6) is -1.26. The number of phenols is 1. The maximum absolute atomic E-state index is 13.7. The van der Waals surface area contributed by atoms with Crippen LogP contribution in [0.2, 0.25) is 0 Å². The molecule has 232 valence electrons. The molecule has 3 fully saturated rings. The summed E-state index contributed by atoms with van der Waals surface area (Å²) in [5, 5.41) is 16.1. The molecule has 1 aliphatic carbocycles. The molecule has 42 heavy (non-hydrogen) atoms. The van der Waals surface area contributed by atoms with Crippen molar-refractivity contribution in [1.82, 2.24) is 15.5 Å². The monoisotopic (exact) mass is 587 g/mol.